The molecule has 4 heteroatoms. The van der Waals surface area contributed by atoms with Crippen LogP contribution in [0.25, 0.3) is 0 Å². The summed E-state index contributed by atoms with van der Waals surface area (Å²) in [5, 5.41) is 2.84. The molecule has 2 rings (SSSR count). The van der Waals surface area contributed by atoms with Gasteiger partial charge < -0.3 is 5.32 Å². The minimum absolute atomic E-state index is 0.0695. The lowest BCUT2D eigenvalue weighted by Crippen LogP contribution is -2.38. The molecule has 0 spiro atoms. The van der Waals surface area contributed by atoms with E-state index in [-0.39, 0.29) is 11.3 Å². The maximum absolute atomic E-state index is 11.7. The van der Waals surface area contributed by atoms with E-state index in [0.29, 0.717) is 6.42 Å². The largest absolute Gasteiger partial charge is 0.312 e. The van der Waals surface area contributed by atoms with E-state index in [0.717, 1.165) is 12.0 Å². The van der Waals surface area contributed by atoms with Gasteiger partial charge in [0.05, 0.1) is 5.25 Å². The summed E-state index contributed by atoms with van der Waals surface area (Å²) in [6, 6.07) is 8.01. The van der Waals surface area contributed by atoms with Crippen LogP contribution >= 0.6 is 0 Å². The summed E-state index contributed by atoms with van der Waals surface area (Å²) in [6.45, 7) is 0. The standard InChI is InChI=1S/C12H17NO2S/c1-13-12-10-6-4-3-5-9(10)7-8-11(12)16(2,14)15/h3-6,11-13H,7-8H2,1-2H3. The molecule has 0 radical (unpaired) electrons. The fraction of sp³-hybridized carbons (Fsp3) is 0.500. The number of aryl methyl sites for hydroxylation is 1. The molecule has 0 aliphatic heterocycles. The number of hydrogen-bond donors (Lipinski definition) is 1. The summed E-state index contributed by atoms with van der Waals surface area (Å²) in [5.41, 5.74) is 2.40. The zero-order chi connectivity index (χ0) is 11.8. The lowest BCUT2D eigenvalue weighted by atomic mass is 9.87. The van der Waals surface area contributed by atoms with E-state index in [9.17, 15) is 8.42 Å². The zero-order valence-electron chi connectivity index (χ0n) is 9.60. The first-order chi connectivity index (χ1) is 7.54. The molecule has 88 valence electrons. The smallest absolute Gasteiger partial charge is 0.152 e. The molecule has 0 heterocycles. The van der Waals surface area contributed by atoms with Crippen molar-refractivity contribution in [1.29, 1.82) is 0 Å². The maximum atomic E-state index is 11.7. The van der Waals surface area contributed by atoms with Crippen molar-refractivity contribution in [2.45, 2.75) is 24.1 Å². The van der Waals surface area contributed by atoms with Gasteiger partial charge in [0, 0.05) is 12.3 Å². The van der Waals surface area contributed by atoms with Gasteiger partial charge in [-0.25, -0.2) is 8.42 Å². The Bertz CT molecular complexity index is 482. The first-order valence-electron chi connectivity index (χ1n) is 5.48. The highest BCUT2D eigenvalue weighted by atomic mass is 32.2. The van der Waals surface area contributed by atoms with Gasteiger partial charge in [0.1, 0.15) is 0 Å². The van der Waals surface area contributed by atoms with E-state index in [1.54, 1.807) is 0 Å². The van der Waals surface area contributed by atoms with Crippen LogP contribution in [0, 0.1) is 0 Å². The maximum Gasteiger partial charge on any atom is 0.152 e. The summed E-state index contributed by atoms with van der Waals surface area (Å²) in [5.74, 6) is 0. The van der Waals surface area contributed by atoms with Gasteiger partial charge in [-0.1, -0.05) is 24.3 Å². The van der Waals surface area contributed by atoms with E-state index in [2.05, 4.69) is 11.4 Å². The van der Waals surface area contributed by atoms with Gasteiger partial charge in [-0.2, -0.15) is 0 Å². The fourth-order valence-corrected chi connectivity index (χ4v) is 3.86. The second-order valence-electron chi connectivity index (χ2n) is 4.37. The van der Waals surface area contributed by atoms with Gasteiger partial charge in [-0.15, -0.1) is 0 Å². The third kappa shape index (κ3) is 1.99. The Kier molecular flexibility index (Phi) is 3.04. The predicted octanol–water partition coefficient (Wildman–Crippen LogP) is 1.31. The molecule has 16 heavy (non-hydrogen) atoms. The summed E-state index contributed by atoms with van der Waals surface area (Å²) < 4.78 is 23.5. The minimum Gasteiger partial charge on any atom is -0.312 e. The number of fused-ring (bicyclic) bond motifs is 1. The highest BCUT2D eigenvalue weighted by molar-refractivity contribution is 7.91. The number of rotatable bonds is 2. The number of nitrogens with one attached hydrogen (secondary N) is 1. The average molecular weight is 239 g/mol. The van der Waals surface area contributed by atoms with Gasteiger partial charge >= 0.3 is 0 Å². The Hall–Kier alpha value is -0.870. The van der Waals surface area contributed by atoms with Crippen molar-refractivity contribution in [1.82, 2.24) is 5.32 Å². The molecule has 1 aromatic rings. The summed E-state index contributed by atoms with van der Waals surface area (Å²) in [6.07, 6.45) is 2.89. The van der Waals surface area contributed by atoms with Gasteiger partial charge in [0.15, 0.2) is 9.84 Å². The molecular weight excluding hydrogens is 222 g/mol. The second kappa shape index (κ2) is 4.18. The summed E-state index contributed by atoms with van der Waals surface area (Å²) in [4.78, 5) is 0. The van der Waals surface area contributed by atoms with E-state index in [4.69, 9.17) is 0 Å². The molecule has 1 aliphatic rings. The molecular formula is C12H17NO2S. The van der Waals surface area contributed by atoms with E-state index in [1.165, 1.54) is 11.8 Å². The highest BCUT2D eigenvalue weighted by Gasteiger charge is 2.34. The van der Waals surface area contributed by atoms with E-state index >= 15 is 0 Å². The number of benzene rings is 1. The van der Waals surface area contributed by atoms with Crippen LogP contribution in [0.1, 0.15) is 23.6 Å². The quantitative estimate of drug-likeness (QED) is 0.846. The van der Waals surface area contributed by atoms with Crippen LogP contribution in [-0.4, -0.2) is 27.0 Å². The van der Waals surface area contributed by atoms with Crippen molar-refractivity contribution in [3.63, 3.8) is 0 Å². The number of sulfone groups is 1. The molecule has 1 aromatic carbocycles. The normalized spacial score (nSPS) is 25.1. The van der Waals surface area contributed by atoms with Crippen molar-refractivity contribution in [2.75, 3.05) is 13.3 Å². The number of hydrogen-bond acceptors (Lipinski definition) is 3. The SMILES string of the molecule is CNC1c2ccccc2CCC1S(C)(=O)=O. The van der Waals surface area contributed by atoms with Crippen molar-refractivity contribution in [3.8, 4) is 0 Å². The fourth-order valence-electron chi connectivity index (χ4n) is 2.53. The molecule has 1 N–H and O–H groups in total. The summed E-state index contributed by atoms with van der Waals surface area (Å²) in [7, 11) is -1.17. The van der Waals surface area contributed by atoms with Gasteiger partial charge in [-0.3, -0.25) is 0 Å². The molecule has 0 saturated carbocycles. The lowest BCUT2D eigenvalue weighted by Gasteiger charge is -2.32. The Morgan fingerprint density at radius 2 is 2.00 bits per heavy atom. The molecule has 0 fully saturated rings. The molecule has 1 aliphatic carbocycles. The van der Waals surface area contributed by atoms with Crippen LogP contribution in [0.2, 0.25) is 0 Å². The van der Waals surface area contributed by atoms with Crippen LogP contribution in [0.5, 0.6) is 0 Å². The van der Waals surface area contributed by atoms with E-state index < -0.39 is 9.84 Å². The molecule has 0 amide bonds. The van der Waals surface area contributed by atoms with Crippen LogP contribution < -0.4 is 5.32 Å². The van der Waals surface area contributed by atoms with Crippen LogP contribution in [0.4, 0.5) is 0 Å². The third-order valence-corrected chi connectivity index (χ3v) is 4.93. The lowest BCUT2D eigenvalue weighted by molar-refractivity contribution is 0.478. The minimum atomic E-state index is -2.99. The van der Waals surface area contributed by atoms with Crippen LogP contribution in [0.3, 0.4) is 0 Å². The third-order valence-electron chi connectivity index (χ3n) is 3.32. The molecule has 0 aromatic heterocycles. The van der Waals surface area contributed by atoms with Crippen molar-refractivity contribution >= 4 is 9.84 Å². The van der Waals surface area contributed by atoms with Gasteiger partial charge in [0.25, 0.3) is 0 Å². The molecule has 3 nitrogen and oxygen atoms in total. The Balaban J connectivity index is 2.45. The van der Waals surface area contributed by atoms with Crippen molar-refractivity contribution in [2.24, 2.45) is 0 Å². The van der Waals surface area contributed by atoms with Crippen molar-refractivity contribution in [3.05, 3.63) is 35.4 Å². The summed E-state index contributed by atoms with van der Waals surface area (Å²) >= 11 is 0. The Morgan fingerprint density at radius 3 is 2.62 bits per heavy atom. The predicted molar refractivity (Wildman–Crippen MR) is 65.2 cm³/mol. The van der Waals surface area contributed by atoms with E-state index in [1.807, 2.05) is 25.2 Å². The van der Waals surface area contributed by atoms with Crippen molar-refractivity contribution < 1.29 is 8.42 Å². The van der Waals surface area contributed by atoms with Gasteiger partial charge in [0.2, 0.25) is 0 Å². The average Bonchev–Trinajstić information content (AvgIpc) is 2.26. The first kappa shape index (κ1) is 11.6. The first-order valence-corrected chi connectivity index (χ1v) is 7.43. The Morgan fingerprint density at radius 1 is 1.31 bits per heavy atom. The monoisotopic (exact) mass is 239 g/mol. The molecule has 0 saturated heterocycles. The molecule has 0 bridgehead atoms. The topological polar surface area (TPSA) is 46.2 Å². The van der Waals surface area contributed by atoms with Crippen LogP contribution in [0.15, 0.2) is 24.3 Å². The Labute approximate surface area is 96.8 Å². The molecule has 2 unspecified atom stereocenters. The highest BCUT2D eigenvalue weighted by Crippen LogP contribution is 2.33. The molecule has 2 atom stereocenters. The zero-order valence-corrected chi connectivity index (χ0v) is 10.4. The van der Waals surface area contributed by atoms with Gasteiger partial charge in [-0.05, 0) is 31.0 Å². The second-order valence-corrected chi connectivity index (χ2v) is 6.64. The van der Waals surface area contributed by atoms with Crippen LogP contribution in [-0.2, 0) is 16.3 Å².